The van der Waals surface area contributed by atoms with E-state index in [1.165, 1.54) is 12.1 Å². The van der Waals surface area contributed by atoms with E-state index in [0.717, 1.165) is 12.5 Å². The van der Waals surface area contributed by atoms with Crippen LogP contribution in [0.3, 0.4) is 0 Å². The molecule has 0 aromatic heterocycles. The van der Waals surface area contributed by atoms with Crippen LogP contribution in [-0.4, -0.2) is 26.0 Å². The highest BCUT2D eigenvalue weighted by atomic mass is 79.9. The fourth-order valence-electron chi connectivity index (χ4n) is 1.32. The van der Waals surface area contributed by atoms with Crippen LogP contribution in [-0.2, 0) is 10.0 Å². The van der Waals surface area contributed by atoms with Crippen molar-refractivity contribution < 1.29 is 18.3 Å². The molecular weight excluding hydrogens is 334 g/mol. The van der Waals surface area contributed by atoms with Gasteiger partial charge in [0.15, 0.2) is 0 Å². The second kappa shape index (κ2) is 6.49. The molecule has 0 fully saturated rings. The maximum absolute atomic E-state index is 12.1. The molecule has 0 bridgehead atoms. The molecule has 0 aliphatic heterocycles. The molecule has 1 aromatic rings. The Balaban J connectivity index is 3.06. The standard InChI is InChI=1S/C12H16BrNO4S/c1-3-8(2)7-14-19(17,18)11-6-9(12(15)16)4-5-10(11)13/h4-6,8,14H,3,7H2,1-2H3,(H,15,16). The summed E-state index contributed by atoms with van der Waals surface area (Å²) < 4.78 is 27.1. The Morgan fingerprint density at radius 3 is 2.63 bits per heavy atom. The zero-order valence-corrected chi connectivity index (χ0v) is 13.1. The molecule has 1 rings (SSSR count). The number of sulfonamides is 1. The molecule has 0 saturated heterocycles. The monoisotopic (exact) mass is 349 g/mol. The highest BCUT2D eigenvalue weighted by molar-refractivity contribution is 9.10. The van der Waals surface area contributed by atoms with Gasteiger partial charge in [0.05, 0.1) is 10.5 Å². The summed E-state index contributed by atoms with van der Waals surface area (Å²) in [5, 5.41) is 8.89. The van der Waals surface area contributed by atoms with Gasteiger partial charge in [-0.3, -0.25) is 0 Å². The summed E-state index contributed by atoms with van der Waals surface area (Å²) in [5.41, 5.74) is -0.0629. The maximum Gasteiger partial charge on any atom is 0.335 e. The van der Waals surface area contributed by atoms with Gasteiger partial charge < -0.3 is 5.11 Å². The van der Waals surface area contributed by atoms with Crippen LogP contribution in [0.25, 0.3) is 0 Å². The predicted octanol–water partition coefficient (Wildman–Crippen LogP) is 2.47. The smallest absolute Gasteiger partial charge is 0.335 e. The summed E-state index contributed by atoms with van der Waals surface area (Å²) in [4.78, 5) is 10.8. The first-order valence-corrected chi connectivity index (χ1v) is 8.08. The number of aromatic carboxylic acids is 1. The molecular formula is C12H16BrNO4S. The third-order valence-electron chi connectivity index (χ3n) is 2.79. The molecule has 0 aliphatic rings. The Hall–Kier alpha value is -0.920. The predicted molar refractivity (Wildman–Crippen MR) is 75.7 cm³/mol. The molecule has 5 nitrogen and oxygen atoms in total. The highest BCUT2D eigenvalue weighted by Gasteiger charge is 2.20. The molecule has 0 radical (unpaired) electrons. The second-order valence-electron chi connectivity index (χ2n) is 4.32. The number of nitrogens with one attached hydrogen (secondary N) is 1. The SMILES string of the molecule is CCC(C)CNS(=O)(=O)c1cc(C(=O)O)ccc1Br. The number of carbonyl (C=O) groups is 1. The summed E-state index contributed by atoms with van der Waals surface area (Å²) in [6.07, 6.45) is 0.860. The Bertz CT molecular complexity index is 571. The van der Waals surface area contributed by atoms with E-state index in [1.54, 1.807) is 0 Å². The molecule has 19 heavy (non-hydrogen) atoms. The Morgan fingerprint density at radius 1 is 1.47 bits per heavy atom. The lowest BCUT2D eigenvalue weighted by atomic mass is 10.1. The van der Waals surface area contributed by atoms with Gasteiger partial charge in [-0.2, -0.15) is 0 Å². The van der Waals surface area contributed by atoms with E-state index >= 15 is 0 Å². The van der Waals surface area contributed by atoms with E-state index in [9.17, 15) is 13.2 Å². The number of hydrogen-bond acceptors (Lipinski definition) is 3. The molecule has 0 aliphatic carbocycles. The molecule has 106 valence electrons. The summed E-state index contributed by atoms with van der Waals surface area (Å²) in [5.74, 6) is -0.943. The molecule has 0 spiro atoms. The van der Waals surface area contributed by atoms with Gasteiger partial charge in [-0.15, -0.1) is 0 Å². The van der Waals surface area contributed by atoms with Crippen LogP contribution in [0, 0.1) is 5.92 Å². The fraction of sp³-hybridized carbons (Fsp3) is 0.417. The first kappa shape index (κ1) is 16.1. The number of carboxylic acids is 1. The van der Waals surface area contributed by atoms with Crippen molar-refractivity contribution in [3.63, 3.8) is 0 Å². The lowest BCUT2D eigenvalue weighted by Crippen LogP contribution is -2.28. The summed E-state index contributed by atoms with van der Waals surface area (Å²) >= 11 is 3.13. The van der Waals surface area contributed by atoms with Gasteiger partial charge in [-0.05, 0) is 40.0 Å². The average Bonchev–Trinajstić information content (AvgIpc) is 2.36. The minimum atomic E-state index is -3.71. The number of carboxylic acid groups (broad SMARTS) is 1. The van der Waals surface area contributed by atoms with Crippen LogP contribution >= 0.6 is 15.9 Å². The lowest BCUT2D eigenvalue weighted by Gasteiger charge is -2.12. The quantitative estimate of drug-likeness (QED) is 0.826. The summed E-state index contributed by atoms with van der Waals surface area (Å²) in [7, 11) is -3.71. The topological polar surface area (TPSA) is 83.5 Å². The third-order valence-corrected chi connectivity index (χ3v) is 5.20. The Labute approximate surface area is 121 Å². The first-order chi connectivity index (χ1) is 8.77. The normalized spacial score (nSPS) is 13.2. The minimum absolute atomic E-state index is 0.0595. The molecule has 2 N–H and O–H groups in total. The van der Waals surface area contributed by atoms with Crippen molar-refractivity contribution in [2.75, 3.05) is 6.54 Å². The molecule has 0 saturated carbocycles. The fourth-order valence-corrected chi connectivity index (χ4v) is 3.47. The van der Waals surface area contributed by atoms with Gasteiger partial charge in [0.25, 0.3) is 0 Å². The van der Waals surface area contributed by atoms with Crippen molar-refractivity contribution in [2.24, 2.45) is 5.92 Å². The summed E-state index contributed by atoms with van der Waals surface area (Å²) in [6.45, 7) is 4.23. The van der Waals surface area contributed by atoms with E-state index in [0.29, 0.717) is 11.0 Å². The molecule has 1 atom stereocenters. The van der Waals surface area contributed by atoms with Gasteiger partial charge in [0.1, 0.15) is 0 Å². The lowest BCUT2D eigenvalue weighted by molar-refractivity contribution is 0.0696. The number of halogens is 1. The van der Waals surface area contributed by atoms with Crippen molar-refractivity contribution in [1.82, 2.24) is 4.72 Å². The van der Waals surface area contributed by atoms with Crippen LogP contribution in [0.4, 0.5) is 0 Å². The molecule has 1 aromatic carbocycles. The van der Waals surface area contributed by atoms with Crippen molar-refractivity contribution in [3.05, 3.63) is 28.2 Å². The van der Waals surface area contributed by atoms with Gasteiger partial charge >= 0.3 is 5.97 Å². The second-order valence-corrected chi connectivity index (χ2v) is 6.91. The van der Waals surface area contributed by atoms with Crippen molar-refractivity contribution in [2.45, 2.75) is 25.2 Å². The van der Waals surface area contributed by atoms with Crippen molar-refractivity contribution in [1.29, 1.82) is 0 Å². The van der Waals surface area contributed by atoms with Gasteiger partial charge in [-0.1, -0.05) is 20.3 Å². The highest BCUT2D eigenvalue weighted by Crippen LogP contribution is 2.23. The van der Waals surface area contributed by atoms with E-state index < -0.39 is 16.0 Å². The third kappa shape index (κ3) is 4.29. The van der Waals surface area contributed by atoms with Crippen LogP contribution in [0.15, 0.2) is 27.6 Å². The largest absolute Gasteiger partial charge is 0.478 e. The summed E-state index contributed by atoms with van der Waals surface area (Å²) in [6, 6.07) is 3.91. The van der Waals surface area contributed by atoms with Crippen molar-refractivity contribution >= 4 is 31.9 Å². The Kier molecular flexibility index (Phi) is 5.51. The minimum Gasteiger partial charge on any atom is -0.478 e. The van der Waals surface area contributed by atoms with E-state index in [-0.39, 0.29) is 16.4 Å². The van der Waals surface area contributed by atoms with E-state index in [4.69, 9.17) is 5.11 Å². The van der Waals surface area contributed by atoms with Crippen LogP contribution < -0.4 is 4.72 Å². The average molecular weight is 350 g/mol. The van der Waals surface area contributed by atoms with Crippen LogP contribution in [0.1, 0.15) is 30.6 Å². The molecule has 1 unspecified atom stereocenters. The number of hydrogen-bond donors (Lipinski definition) is 2. The molecule has 7 heteroatoms. The number of benzene rings is 1. The first-order valence-electron chi connectivity index (χ1n) is 5.80. The van der Waals surface area contributed by atoms with Gasteiger partial charge in [0.2, 0.25) is 10.0 Å². The van der Waals surface area contributed by atoms with E-state index in [1.807, 2.05) is 13.8 Å². The number of rotatable bonds is 6. The molecule has 0 amide bonds. The van der Waals surface area contributed by atoms with Gasteiger partial charge in [0, 0.05) is 11.0 Å². The van der Waals surface area contributed by atoms with Crippen molar-refractivity contribution in [3.8, 4) is 0 Å². The maximum atomic E-state index is 12.1. The van der Waals surface area contributed by atoms with Gasteiger partial charge in [-0.25, -0.2) is 17.9 Å². The zero-order valence-electron chi connectivity index (χ0n) is 10.7. The Morgan fingerprint density at radius 2 is 2.11 bits per heavy atom. The van der Waals surface area contributed by atoms with E-state index in [2.05, 4.69) is 20.7 Å². The van der Waals surface area contributed by atoms with Crippen LogP contribution in [0.2, 0.25) is 0 Å². The van der Waals surface area contributed by atoms with Crippen LogP contribution in [0.5, 0.6) is 0 Å². The zero-order chi connectivity index (χ0) is 14.6. The molecule has 0 heterocycles.